The predicted octanol–water partition coefficient (Wildman–Crippen LogP) is 1.65. The van der Waals surface area contributed by atoms with Gasteiger partial charge < -0.3 is 15.0 Å². The maximum absolute atomic E-state index is 11.9. The van der Waals surface area contributed by atoms with Crippen LogP contribution in [0.5, 0.6) is 0 Å². The van der Waals surface area contributed by atoms with Gasteiger partial charge >= 0.3 is 0 Å². The Balaban J connectivity index is 1.91. The van der Waals surface area contributed by atoms with Gasteiger partial charge in [0.1, 0.15) is 0 Å². The van der Waals surface area contributed by atoms with Gasteiger partial charge in [-0.25, -0.2) is 4.98 Å². The van der Waals surface area contributed by atoms with Crippen molar-refractivity contribution in [1.29, 1.82) is 0 Å². The smallest absolute Gasteiger partial charge is 0.287 e. The molecule has 0 aromatic carbocycles. The average molecular weight is 251 g/mol. The summed E-state index contributed by atoms with van der Waals surface area (Å²) in [6.07, 6.45) is 6.35. The van der Waals surface area contributed by atoms with Crippen LogP contribution in [0.15, 0.2) is 6.20 Å². The van der Waals surface area contributed by atoms with Crippen LogP contribution in [-0.2, 0) is 4.74 Å². The van der Waals surface area contributed by atoms with Gasteiger partial charge in [0, 0.05) is 31.0 Å². The van der Waals surface area contributed by atoms with Crippen LogP contribution in [0.25, 0.3) is 0 Å². The average Bonchev–Trinajstić information content (AvgIpc) is 2.97. The predicted molar refractivity (Wildman–Crippen MR) is 68.4 cm³/mol. The first-order valence-corrected chi connectivity index (χ1v) is 6.44. The van der Waals surface area contributed by atoms with Gasteiger partial charge in [0.15, 0.2) is 5.82 Å². The van der Waals surface area contributed by atoms with Crippen LogP contribution in [0.1, 0.15) is 42.0 Å². The maximum Gasteiger partial charge on any atom is 0.287 e. The first-order valence-electron chi connectivity index (χ1n) is 6.44. The van der Waals surface area contributed by atoms with Crippen molar-refractivity contribution in [2.45, 2.75) is 32.6 Å². The number of hydrogen-bond donors (Lipinski definition) is 2. The molecule has 18 heavy (non-hydrogen) atoms. The van der Waals surface area contributed by atoms with Gasteiger partial charge in [0.05, 0.1) is 6.61 Å². The fourth-order valence-corrected chi connectivity index (χ4v) is 2.68. The Morgan fingerprint density at radius 3 is 2.83 bits per heavy atom. The molecule has 1 saturated carbocycles. The lowest BCUT2D eigenvalue weighted by Gasteiger charge is -2.28. The van der Waals surface area contributed by atoms with Crippen LogP contribution in [0.3, 0.4) is 0 Å². The van der Waals surface area contributed by atoms with E-state index in [4.69, 9.17) is 4.74 Å². The Morgan fingerprint density at radius 2 is 2.28 bits per heavy atom. The number of amides is 1. The zero-order valence-electron chi connectivity index (χ0n) is 11.1. The summed E-state index contributed by atoms with van der Waals surface area (Å²) in [5.41, 5.74) is 1.01. The van der Waals surface area contributed by atoms with Crippen molar-refractivity contribution in [3.05, 3.63) is 17.7 Å². The standard InChI is InChI=1S/C13H21N3O2/c1-10-7-14-11(16-10)12(17)15-8-13(9-18-2)5-3-4-6-13/h7H,3-6,8-9H2,1-2H3,(H,14,16)(H,15,17). The second-order valence-corrected chi connectivity index (χ2v) is 5.24. The lowest BCUT2D eigenvalue weighted by molar-refractivity contribution is 0.0736. The topological polar surface area (TPSA) is 67.0 Å². The van der Waals surface area contributed by atoms with Crippen molar-refractivity contribution in [3.8, 4) is 0 Å². The number of carbonyl (C=O) groups excluding carboxylic acids is 1. The fourth-order valence-electron chi connectivity index (χ4n) is 2.68. The Bertz CT molecular complexity index is 408. The molecule has 1 aromatic heterocycles. The number of nitrogens with zero attached hydrogens (tertiary/aromatic N) is 1. The summed E-state index contributed by atoms with van der Waals surface area (Å²) >= 11 is 0. The van der Waals surface area contributed by atoms with E-state index in [9.17, 15) is 4.79 Å². The number of H-pyrrole nitrogens is 1. The van der Waals surface area contributed by atoms with Gasteiger partial charge in [0.2, 0.25) is 0 Å². The SMILES string of the molecule is COCC1(CNC(=O)c2ncc(C)[nH]2)CCCC1. The lowest BCUT2D eigenvalue weighted by atomic mass is 9.87. The first-order chi connectivity index (χ1) is 8.65. The van der Waals surface area contributed by atoms with Gasteiger partial charge in [-0.2, -0.15) is 0 Å². The monoisotopic (exact) mass is 251 g/mol. The Hall–Kier alpha value is -1.36. The van der Waals surface area contributed by atoms with E-state index in [2.05, 4.69) is 15.3 Å². The molecule has 0 spiro atoms. The van der Waals surface area contributed by atoms with E-state index in [0.717, 1.165) is 18.5 Å². The third-order valence-electron chi connectivity index (χ3n) is 3.66. The molecular formula is C13H21N3O2. The molecule has 5 nitrogen and oxygen atoms in total. The van der Waals surface area contributed by atoms with E-state index in [0.29, 0.717) is 19.0 Å². The summed E-state index contributed by atoms with van der Waals surface area (Å²) in [4.78, 5) is 18.9. The van der Waals surface area contributed by atoms with Crippen molar-refractivity contribution in [2.75, 3.05) is 20.3 Å². The highest BCUT2D eigenvalue weighted by Crippen LogP contribution is 2.37. The van der Waals surface area contributed by atoms with Crippen molar-refractivity contribution in [3.63, 3.8) is 0 Å². The van der Waals surface area contributed by atoms with Crippen LogP contribution >= 0.6 is 0 Å². The second-order valence-electron chi connectivity index (χ2n) is 5.24. The highest BCUT2D eigenvalue weighted by molar-refractivity contribution is 5.90. The van der Waals surface area contributed by atoms with E-state index in [1.54, 1.807) is 13.3 Å². The summed E-state index contributed by atoms with van der Waals surface area (Å²) in [6, 6.07) is 0. The van der Waals surface area contributed by atoms with E-state index >= 15 is 0 Å². The Morgan fingerprint density at radius 1 is 1.56 bits per heavy atom. The molecule has 1 aliphatic rings. The molecule has 1 fully saturated rings. The number of carbonyl (C=O) groups is 1. The van der Waals surface area contributed by atoms with E-state index in [1.165, 1.54) is 12.8 Å². The third kappa shape index (κ3) is 2.90. The minimum atomic E-state index is -0.134. The minimum Gasteiger partial charge on any atom is -0.384 e. The molecule has 2 rings (SSSR count). The molecule has 0 unspecified atom stereocenters. The minimum absolute atomic E-state index is 0.117. The number of imidazole rings is 1. The molecular weight excluding hydrogens is 230 g/mol. The maximum atomic E-state index is 11.9. The highest BCUT2D eigenvalue weighted by atomic mass is 16.5. The number of nitrogens with one attached hydrogen (secondary N) is 2. The summed E-state index contributed by atoms with van der Waals surface area (Å²) in [5.74, 6) is 0.253. The summed E-state index contributed by atoms with van der Waals surface area (Å²) in [6.45, 7) is 3.26. The molecule has 0 saturated heterocycles. The molecule has 5 heteroatoms. The molecule has 0 aliphatic heterocycles. The first kappa shape index (κ1) is 13.1. The molecule has 1 aliphatic carbocycles. The number of aromatic amines is 1. The van der Waals surface area contributed by atoms with Crippen LogP contribution in [-0.4, -0.2) is 36.1 Å². The van der Waals surface area contributed by atoms with Crippen molar-refractivity contribution < 1.29 is 9.53 Å². The molecule has 0 atom stereocenters. The Kier molecular flexibility index (Phi) is 4.01. The van der Waals surface area contributed by atoms with Gasteiger partial charge in [-0.15, -0.1) is 0 Å². The van der Waals surface area contributed by atoms with E-state index in [1.807, 2.05) is 6.92 Å². The van der Waals surface area contributed by atoms with Crippen LogP contribution < -0.4 is 5.32 Å². The second kappa shape index (κ2) is 5.52. The van der Waals surface area contributed by atoms with Crippen LogP contribution in [0, 0.1) is 12.3 Å². The molecule has 0 radical (unpaired) electrons. The summed E-state index contributed by atoms with van der Waals surface area (Å²) in [5, 5.41) is 2.97. The van der Waals surface area contributed by atoms with Crippen molar-refractivity contribution in [2.24, 2.45) is 5.41 Å². The third-order valence-corrected chi connectivity index (χ3v) is 3.66. The zero-order chi connectivity index (χ0) is 13.0. The number of aromatic nitrogens is 2. The zero-order valence-corrected chi connectivity index (χ0v) is 11.1. The Labute approximate surface area is 107 Å². The van der Waals surface area contributed by atoms with E-state index in [-0.39, 0.29) is 11.3 Å². The molecule has 2 N–H and O–H groups in total. The van der Waals surface area contributed by atoms with Gasteiger partial charge in [-0.05, 0) is 19.8 Å². The highest BCUT2D eigenvalue weighted by Gasteiger charge is 2.34. The lowest BCUT2D eigenvalue weighted by Crippen LogP contribution is -2.39. The largest absolute Gasteiger partial charge is 0.384 e. The normalized spacial score (nSPS) is 17.9. The van der Waals surface area contributed by atoms with Crippen LogP contribution in [0.2, 0.25) is 0 Å². The summed E-state index contributed by atoms with van der Waals surface area (Å²) < 4.78 is 5.30. The molecule has 1 heterocycles. The number of hydrogen-bond acceptors (Lipinski definition) is 3. The van der Waals surface area contributed by atoms with Crippen LogP contribution in [0.4, 0.5) is 0 Å². The van der Waals surface area contributed by atoms with Gasteiger partial charge in [0.25, 0.3) is 5.91 Å². The number of aryl methyl sites for hydroxylation is 1. The molecule has 1 amide bonds. The van der Waals surface area contributed by atoms with Crippen molar-refractivity contribution >= 4 is 5.91 Å². The molecule has 100 valence electrons. The summed E-state index contributed by atoms with van der Waals surface area (Å²) in [7, 11) is 1.72. The van der Waals surface area contributed by atoms with Gasteiger partial charge in [-0.1, -0.05) is 12.8 Å². The van der Waals surface area contributed by atoms with E-state index < -0.39 is 0 Å². The molecule has 0 bridgehead atoms. The fraction of sp³-hybridized carbons (Fsp3) is 0.692. The number of rotatable bonds is 5. The van der Waals surface area contributed by atoms with Crippen molar-refractivity contribution in [1.82, 2.24) is 15.3 Å². The van der Waals surface area contributed by atoms with Gasteiger partial charge in [-0.3, -0.25) is 4.79 Å². The quantitative estimate of drug-likeness (QED) is 0.836. The molecule has 1 aromatic rings. The number of ether oxygens (including phenoxy) is 1. The number of methoxy groups -OCH3 is 1.